The summed E-state index contributed by atoms with van der Waals surface area (Å²) in [6.07, 6.45) is 54.2. The van der Waals surface area contributed by atoms with Crippen LogP contribution in [0, 0.1) is 0 Å². The maximum atomic E-state index is 13.0. The van der Waals surface area contributed by atoms with E-state index in [0.717, 1.165) is 132 Å². The van der Waals surface area contributed by atoms with E-state index >= 15 is 0 Å². The van der Waals surface area contributed by atoms with Crippen molar-refractivity contribution < 1.29 is 33.3 Å². The number of hydrogen-bond donors (Lipinski definition) is 4. The molecule has 4 rings (SSSR count). The summed E-state index contributed by atoms with van der Waals surface area (Å²) in [4.78, 5) is 80.5. The van der Waals surface area contributed by atoms with E-state index in [1.54, 1.807) is 0 Å². The monoisotopic (exact) mass is 1340 g/mol. The average Bonchev–Trinajstić information content (AvgIpc) is 1.35. The van der Waals surface area contributed by atoms with Crippen molar-refractivity contribution in [3.05, 3.63) is 60.7 Å². The zero-order valence-electron chi connectivity index (χ0n) is 62.4. The van der Waals surface area contributed by atoms with E-state index in [0.29, 0.717) is 89.1 Å². The van der Waals surface area contributed by atoms with Gasteiger partial charge in [0.25, 0.3) is 0 Å². The fourth-order valence-corrected chi connectivity index (χ4v) is 14.2. The van der Waals surface area contributed by atoms with E-state index in [2.05, 4.69) is 97.5 Å². The van der Waals surface area contributed by atoms with Gasteiger partial charge in [-0.15, -0.1) is 0 Å². The third kappa shape index (κ3) is 41.6. The minimum atomic E-state index is 0.130. The standard InChI is InChI=1S/C53H103N5O4.C29H41N3O2/c1-4-7-10-13-16-19-22-25-28-31-38-50(59)54-42-35-46-58(49-57-45-34-41-53(57)62,47-36-43-55-51(60)39-32-29-26-23-20-17-14-11-8-5-2)48-37-44-56-52(61)40-33-30-27-24-21-18-15-12-9-6-3;1-2-3-4-5-6-7-14-20-28(33)30-22-24-32(26-16-10-8-11-17-26,27-18-12-9-13-19-27)25-31-23-15-21-29(31)34/h4-49H2,1-3H3,(H2-,54,55,56,59,60,61);8-13,16-19H,2-7,14-15,20-25H2,1H3/p+2. The number of amides is 6. The lowest BCUT2D eigenvalue weighted by Crippen LogP contribution is -2.57. The molecule has 14 nitrogen and oxygen atoms in total. The first kappa shape index (κ1) is 85.4. The van der Waals surface area contributed by atoms with Gasteiger partial charge >= 0.3 is 0 Å². The third-order valence-corrected chi connectivity index (χ3v) is 20.2. The average molecular weight is 1340 g/mol. The Morgan fingerprint density at radius 1 is 0.323 bits per heavy atom. The van der Waals surface area contributed by atoms with Crippen LogP contribution in [0.1, 0.15) is 336 Å². The zero-order chi connectivity index (χ0) is 69.1. The Labute approximate surface area is 588 Å². The minimum Gasteiger partial charge on any atom is -0.356 e. The molecule has 2 aliphatic rings. The molecule has 548 valence electrons. The maximum Gasteiger partial charge on any atom is 0.226 e. The molecule has 2 aromatic rings. The van der Waals surface area contributed by atoms with Crippen molar-refractivity contribution in [3.8, 4) is 0 Å². The van der Waals surface area contributed by atoms with Gasteiger partial charge in [0, 0.05) is 90.5 Å². The number of benzene rings is 2. The Balaban J connectivity index is 0.000000589. The molecule has 2 aliphatic heterocycles. The zero-order valence-corrected chi connectivity index (χ0v) is 62.4. The van der Waals surface area contributed by atoms with Crippen LogP contribution in [0.2, 0.25) is 0 Å². The van der Waals surface area contributed by atoms with Gasteiger partial charge in [0.1, 0.15) is 17.9 Å². The van der Waals surface area contributed by atoms with Crippen LogP contribution < -0.4 is 25.8 Å². The summed E-state index contributed by atoms with van der Waals surface area (Å²) >= 11 is 0. The van der Waals surface area contributed by atoms with E-state index < -0.39 is 0 Å². The number of carbonyl (C=O) groups excluding carboxylic acids is 6. The molecular weight excluding hydrogens is 1190 g/mol. The summed E-state index contributed by atoms with van der Waals surface area (Å²) in [6.45, 7) is 17.6. The van der Waals surface area contributed by atoms with Crippen molar-refractivity contribution in [1.29, 1.82) is 0 Å². The molecule has 96 heavy (non-hydrogen) atoms. The predicted octanol–water partition coefficient (Wildman–Crippen LogP) is 19.0. The first-order chi connectivity index (χ1) is 47.0. The van der Waals surface area contributed by atoms with Crippen LogP contribution in [-0.4, -0.2) is 129 Å². The molecule has 0 radical (unpaired) electrons. The smallest absolute Gasteiger partial charge is 0.226 e. The lowest BCUT2D eigenvalue weighted by Gasteiger charge is -2.41. The number of unbranched alkanes of at least 4 members (excludes halogenated alkanes) is 33. The van der Waals surface area contributed by atoms with Gasteiger partial charge in [-0.1, -0.05) is 276 Å². The Bertz CT molecular complexity index is 2100. The second-order valence-corrected chi connectivity index (χ2v) is 28.8. The second-order valence-electron chi connectivity index (χ2n) is 28.8. The number of quaternary nitrogens is 2. The Morgan fingerprint density at radius 3 is 0.854 bits per heavy atom. The summed E-state index contributed by atoms with van der Waals surface area (Å²) in [6, 6.07) is 20.8. The maximum absolute atomic E-state index is 13.0. The first-order valence-corrected chi connectivity index (χ1v) is 40.5. The number of carbonyl (C=O) groups is 6. The van der Waals surface area contributed by atoms with Crippen LogP contribution in [0.3, 0.4) is 0 Å². The molecule has 0 spiro atoms. The highest BCUT2D eigenvalue weighted by molar-refractivity contribution is 5.79. The molecule has 2 heterocycles. The number of para-hydroxylation sites is 2. The quantitative estimate of drug-likeness (QED) is 0.0382. The molecule has 6 amide bonds. The van der Waals surface area contributed by atoms with E-state index in [1.807, 2.05) is 21.9 Å². The van der Waals surface area contributed by atoms with Crippen molar-refractivity contribution in [1.82, 2.24) is 35.6 Å². The van der Waals surface area contributed by atoms with Gasteiger partial charge in [-0.25, -0.2) is 4.48 Å². The fraction of sp³-hybridized carbons (Fsp3) is 0.780. The SMILES string of the molecule is CCCCCCCCCC(=O)NCC[N+](CN1CCCC1=O)(c1ccccc1)c1ccccc1.CCCCCCCCCCCCC(=O)NCCC[N+](CCCNC(=O)CCCCCCCCCCCC)(CCCNC(=O)CCCCCCCCCCCC)CN1CCCC1=O. The molecule has 0 unspecified atom stereocenters. The largest absolute Gasteiger partial charge is 0.356 e. The van der Waals surface area contributed by atoms with Crippen LogP contribution in [0.25, 0.3) is 0 Å². The molecule has 4 N–H and O–H groups in total. The van der Waals surface area contributed by atoms with Crippen molar-refractivity contribution in [2.45, 2.75) is 336 Å². The third-order valence-electron chi connectivity index (χ3n) is 20.2. The Hall–Kier alpha value is -4.82. The summed E-state index contributed by atoms with van der Waals surface area (Å²) < 4.78 is 1.26. The second kappa shape index (κ2) is 58.0. The molecule has 0 aromatic heterocycles. The van der Waals surface area contributed by atoms with Crippen LogP contribution >= 0.6 is 0 Å². The van der Waals surface area contributed by atoms with Gasteiger partial charge in [-0.2, -0.15) is 0 Å². The number of likely N-dealkylation sites (tertiary alicyclic amines) is 2. The number of nitrogens with one attached hydrogen (secondary N) is 4. The highest BCUT2D eigenvalue weighted by Crippen LogP contribution is 2.36. The summed E-state index contributed by atoms with van der Waals surface area (Å²) in [7, 11) is 0. The van der Waals surface area contributed by atoms with Crippen LogP contribution in [0.15, 0.2) is 60.7 Å². The van der Waals surface area contributed by atoms with E-state index in [9.17, 15) is 28.8 Å². The van der Waals surface area contributed by atoms with E-state index in [-0.39, 0.29) is 35.4 Å². The molecule has 0 atom stereocenters. The van der Waals surface area contributed by atoms with Crippen LogP contribution in [0.4, 0.5) is 11.4 Å². The van der Waals surface area contributed by atoms with Crippen molar-refractivity contribution >= 4 is 46.8 Å². The molecule has 14 heteroatoms. The van der Waals surface area contributed by atoms with Crippen LogP contribution in [-0.2, 0) is 28.8 Å². The molecule has 0 saturated carbocycles. The van der Waals surface area contributed by atoms with Gasteiger partial charge < -0.3 is 25.8 Å². The summed E-state index contributed by atoms with van der Waals surface area (Å²) in [5.74, 6) is 1.02. The minimum absolute atomic E-state index is 0.130. The molecular formula is C82H146N8O6+2. The lowest BCUT2D eigenvalue weighted by atomic mass is 10.1. The highest BCUT2D eigenvalue weighted by atomic mass is 16.2. The van der Waals surface area contributed by atoms with Gasteiger partial charge in [0.2, 0.25) is 35.4 Å². The number of hydrogen-bond acceptors (Lipinski definition) is 6. The Kier molecular flexibility index (Phi) is 51.6. The molecule has 2 aromatic carbocycles. The Morgan fingerprint density at radius 2 is 0.583 bits per heavy atom. The van der Waals surface area contributed by atoms with Gasteiger partial charge in [-0.3, -0.25) is 38.6 Å². The molecule has 2 fully saturated rings. The number of rotatable bonds is 62. The molecule has 0 bridgehead atoms. The molecule has 2 saturated heterocycles. The van der Waals surface area contributed by atoms with Crippen molar-refractivity contribution in [3.63, 3.8) is 0 Å². The predicted molar refractivity (Wildman–Crippen MR) is 404 cm³/mol. The highest BCUT2D eigenvalue weighted by Gasteiger charge is 2.38. The van der Waals surface area contributed by atoms with Gasteiger partial charge in [0.15, 0.2) is 13.3 Å². The van der Waals surface area contributed by atoms with Crippen molar-refractivity contribution in [2.75, 3.05) is 78.8 Å². The van der Waals surface area contributed by atoms with Gasteiger partial charge in [-0.05, 0) is 62.8 Å². The van der Waals surface area contributed by atoms with E-state index in [4.69, 9.17) is 0 Å². The van der Waals surface area contributed by atoms with Crippen LogP contribution in [0.5, 0.6) is 0 Å². The normalized spacial score (nSPS) is 13.3. The first-order valence-electron chi connectivity index (χ1n) is 40.5. The summed E-state index contributed by atoms with van der Waals surface area (Å²) in [5, 5.41) is 12.8. The topological polar surface area (TPSA) is 157 Å². The van der Waals surface area contributed by atoms with E-state index in [1.165, 1.54) is 186 Å². The van der Waals surface area contributed by atoms with Crippen molar-refractivity contribution in [2.24, 2.45) is 0 Å². The molecule has 0 aliphatic carbocycles. The van der Waals surface area contributed by atoms with Gasteiger partial charge in [0.05, 0.1) is 26.2 Å². The number of nitrogens with zero attached hydrogens (tertiary/aromatic N) is 4. The summed E-state index contributed by atoms with van der Waals surface area (Å²) in [5.41, 5.74) is 2.27. The lowest BCUT2D eigenvalue weighted by molar-refractivity contribution is -0.936. The fourth-order valence-electron chi connectivity index (χ4n) is 14.2.